The van der Waals surface area contributed by atoms with E-state index in [2.05, 4.69) is 10.6 Å². The third-order valence-corrected chi connectivity index (χ3v) is 3.33. The first-order chi connectivity index (χ1) is 13.2. The van der Waals surface area contributed by atoms with Gasteiger partial charge in [-0.3, -0.25) is 4.79 Å². The van der Waals surface area contributed by atoms with Gasteiger partial charge in [0.1, 0.15) is 23.1 Å². The minimum absolute atomic E-state index is 0.0448. The molecule has 7 heteroatoms. The zero-order valence-corrected chi connectivity index (χ0v) is 14.7. The van der Waals surface area contributed by atoms with Gasteiger partial charge < -0.3 is 25.2 Å². The zero-order valence-electron chi connectivity index (χ0n) is 14.7. The lowest BCUT2D eigenvalue weighted by molar-refractivity contribution is -0.112. The van der Waals surface area contributed by atoms with Crippen LogP contribution in [-0.4, -0.2) is 37.4 Å². The molecule has 2 aromatic carbocycles. The van der Waals surface area contributed by atoms with E-state index in [0.717, 1.165) is 5.75 Å². The molecule has 0 atom stereocenters. The van der Waals surface area contributed by atoms with Gasteiger partial charge in [0.25, 0.3) is 5.91 Å². The molecule has 0 aliphatic heterocycles. The Morgan fingerprint density at radius 1 is 1.07 bits per heavy atom. The Balaban J connectivity index is 1.85. The number of amides is 1. The Labute approximate surface area is 157 Å². The van der Waals surface area contributed by atoms with Crippen LogP contribution in [0.4, 0.5) is 5.69 Å². The van der Waals surface area contributed by atoms with Gasteiger partial charge in [-0.25, -0.2) is 0 Å². The summed E-state index contributed by atoms with van der Waals surface area (Å²) in [6.07, 6.45) is 1.34. The second kappa shape index (κ2) is 11.3. The van der Waals surface area contributed by atoms with Crippen molar-refractivity contribution in [2.24, 2.45) is 0 Å². The van der Waals surface area contributed by atoms with Crippen LogP contribution < -0.4 is 15.4 Å². The summed E-state index contributed by atoms with van der Waals surface area (Å²) in [7, 11) is 0. The van der Waals surface area contributed by atoms with Gasteiger partial charge in [-0.05, 0) is 36.4 Å². The molecule has 0 aliphatic carbocycles. The van der Waals surface area contributed by atoms with Crippen LogP contribution in [0.1, 0.15) is 0 Å². The van der Waals surface area contributed by atoms with E-state index < -0.39 is 5.91 Å². The summed E-state index contributed by atoms with van der Waals surface area (Å²) in [6.45, 7) is 0.988. The molecule has 0 heterocycles. The SMILES string of the molecule is N#C/C(=C/NCCOCCO)C(=O)Nc1ccc(Oc2ccccc2)cc1. The molecule has 27 heavy (non-hydrogen) atoms. The molecule has 0 fully saturated rings. The molecule has 0 radical (unpaired) electrons. The minimum atomic E-state index is -0.516. The molecular formula is C20H21N3O4. The van der Waals surface area contributed by atoms with E-state index in [9.17, 15) is 4.79 Å². The number of anilines is 1. The average molecular weight is 367 g/mol. The molecule has 2 rings (SSSR count). The highest BCUT2D eigenvalue weighted by Crippen LogP contribution is 2.22. The van der Waals surface area contributed by atoms with Crippen molar-refractivity contribution >= 4 is 11.6 Å². The summed E-state index contributed by atoms with van der Waals surface area (Å²) in [5.74, 6) is 0.843. The fourth-order valence-corrected chi connectivity index (χ4v) is 2.05. The molecule has 0 aromatic heterocycles. The Morgan fingerprint density at radius 2 is 1.78 bits per heavy atom. The topological polar surface area (TPSA) is 104 Å². The fraction of sp³-hybridized carbons (Fsp3) is 0.200. The second-order valence-corrected chi connectivity index (χ2v) is 5.35. The van der Waals surface area contributed by atoms with Crippen molar-refractivity contribution < 1.29 is 19.4 Å². The fourth-order valence-electron chi connectivity index (χ4n) is 2.05. The van der Waals surface area contributed by atoms with Crippen molar-refractivity contribution in [3.63, 3.8) is 0 Å². The number of carbonyl (C=O) groups excluding carboxylic acids is 1. The average Bonchev–Trinajstić information content (AvgIpc) is 2.70. The molecule has 7 nitrogen and oxygen atoms in total. The molecule has 0 bridgehead atoms. The first-order valence-electron chi connectivity index (χ1n) is 8.39. The highest BCUT2D eigenvalue weighted by molar-refractivity contribution is 6.06. The van der Waals surface area contributed by atoms with Crippen LogP contribution in [0, 0.1) is 11.3 Å². The predicted octanol–water partition coefficient (Wildman–Crippen LogP) is 2.42. The van der Waals surface area contributed by atoms with Crippen LogP contribution >= 0.6 is 0 Å². The van der Waals surface area contributed by atoms with Crippen molar-refractivity contribution in [1.82, 2.24) is 5.32 Å². The van der Waals surface area contributed by atoms with E-state index in [1.165, 1.54) is 6.20 Å². The molecule has 3 N–H and O–H groups in total. The van der Waals surface area contributed by atoms with Crippen molar-refractivity contribution in [3.8, 4) is 17.6 Å². The number of hydrogen-bond donors (Lipinski definition) is 3. The third-order valence-electron chi connectivity index (χ3n) is 3.33. The molecule has 140 valence electrons. The maximum absolute atomic E-state index is 12.1. The number of ether oxygens (including phenoxy) is 2. The number of nitrogens with one attached hydrogen (secondary N) is 2. The maximum Gasteiger partial charge on any atom is 0.267 e. The van der Waals surface area contributed by atoms with Crippen molar-refractivity contribution in [2.75, 3.05) is 31.7 Å². The Hall–Kier alpha value is -3.34. The van der Waals surface area contributed by atoms with E-state index in [-0.39, 0.29) is 18.8 Å². The van der Waals surface area contributed by atoms with Gasteiger partial charge in [0.2, 0.25) is 0 Å². The highest BCUT2D eigenvalue weighted by atomic mass is 16.5. The molecule has 0 saturated carbocycles. The monoisotopic (exact) mass is 367 g/mol. The summed E-state index contributed by atoms with van der Waals surface area (Å²) < 4.78 is 10.8. The number of para-hydroxylation sites is 1. The molecule has 0 saturated heterocycles. The first kappa shape index (κ1) is 20.0. The van der Waals surface area contributed by atoms with E-state index >= 15 is 0 Å². The third kappa shape index (κ3) is 7.20. The number of aliphatic hydroxyl groups is 1. The normalized spacial score (nSPS) is 10.7. The first-order valence-corrected chi connectivity index (χ1v) is 8.39. The molecular weight excluding hydrogens is 346 g/mol. The summed E-state index contributed by atoms with van der Waals surface area (Å²) in [6, 6.07) is 18.1. The van der Waals surface area contributed by atoms with Gasteiger partial charge in [0, 0.05) is 18.4 Å². The van der Waals surface area contributed by atoms with Gasteiger partial charge in [-0.2, -0.15) is 5.26 Å². The van der Waals surface area contributed by atoms with Crippen LogP contribution in [0.15, 0.2) is 66.4 Å². The van der Waals surface area contributed by atoms with Crippen LogP contribution in [-0.2, 0) is 9.53 Å². The van der Waals surface area contributed by atoms with Crippen LogP contribution in [0.3, 0.4) is 0 Å². The second-order valence-electron chi connectivity index (χ2n) is 5.35. The molecule has 0 aliphatic rings. The molecule has 0 unspecified atom stereocenters. The summed E-state index contributed by atoms with van der Waals surface area (Å²) in [4.78, 5) is 12.1. The van der Waals surface area contributed by atoms with E-state index in [1.807, 2.05) is 36.4 Å². The van der Waals surface area contributed by atoms with Crippen LogP contribution in [0.2, 0.25) is 0 Å². The number of aliphatic hydroxyl groups excluding tert-OH is 1. The summed E-state index contributed by atoms with van der Waals surface area (Å²) in [5, 5.41) is 23.2. The number of nitrogens with zero attached hydrogens (tertiary/aromatic N) is 1. The van der Waals surface area contributed by atoms with E-state index in [1.54, 1.807) is 24.3 Å². The van der Waals surface area contributed by atoms with Crippen LogP contribution in [0.5, 0.6) is 11.5 Å². The molecule has 0 spiro atoms. The van der Waals surface area contributed by atoms with Crippen molar-refractivity contribution in [1.29, 1.82) is 5.26 Å². The lowest BCUT2D eigenvalue weighted by atomic mass is 10.2. The van der Waals surface area contributed by atoms with Gasteiger partial charge in [0.15, 0.2) is 0 Å². The van der Waals surface area contributed by atoms with Crippen LogP contribution in [0.25, 0.3) is 0 Å². The Morgan fingerprint density at radius 3 is 2.44 bits per heavy atom. The van der Waals surface area contributed by atoms with Crippen molar-refractivity contribution in [2.45, 2.75) is 0 Å². The standard InChI is InChI=1S/C20H21N3O4/c21-14-16(15-22-10-12-26-13-11-24)20(25)23-17-6-8-19(9-7-17)27-18-4-2-1-3-5-18/h1-9,15,22,24H,10-13H2,(H,23,25)/b16-15-. The van der Waals surface area contributed by atoms with E-state index in [4.69, 9.17) is 19.8 Å². The van der Waals surface area contributed by atoms with Crippen molar-refractivity contribution in [3.05, 3.63) is 66.4 Å². The van der Waals surface area contributed by atoms with Gasteiger partial charge in [0.05, 0.1) is 19.8 Å². The number of rotatable bonds is 10. The lowest BCUT2D eigenvalue weighted by Gasteiger charge is -2.08. The summed E-state index contributed by atoms with van der Waals surface area (Å²) >= 11 is 0. The maximum atomic E-state index is 12.1. The minimum Gasteiger partial charge on any atom is -0.457 e. The number of benzene rings is 2. The smallest absolute Gasteiger partial charge is 0.267 e. The highest BCUT2D eigenvalue weighted by Gasteiger charge is 2.09. The van der Waals surface area contributed by atoms with Gasteiger partial charge in [-0.15, -0.1) is 0 Å². The quantitative estimate of drug-likeness (QED) is 0.338. The molecule has 1 amide bonds. The Kier molecular flexibility index (Phi) is 8.37. The lowest BCUT2D eigenvalue weighted by Crippen LogP contribution is -2.19. The zero-order chi connectivity index (χ0) is 19.3. The van der Waals surface area contributed by atoms with Gasteiger partial charge in [-0.1, -0.05) is 18.2 Å². The number of carbonyl (C=O) groups is 1. The van der Waals surface area contributed by atoms with E-state index in [0.29, 0.717) is 24.6 Å². The van der Waals surface area contributed by atoms with Gasteiger partial charge >= 0.3 is 0 Å². The molecule has 2 aromatic rings. The predicted molar refractivity (Wildman–Crippen MR) is 101 cm³/mol. The summed E-state index contributed by atoms with van der Waals surface area (Å²) in [5.41, 5.74) is 0.495. The Bertz CT molecular complexity index is 783. The largest absolute Gasteiger partial charge is 0.457 e. The number of hydrogen-bond acceptors (Lipinski definition) is 6. The number of nitriles is 1.